The molecule has 1 N–H and O–H groups in total. The van der Waals surface area contributed by atoms with Crippen molar-refractivity contribution in [2.75, 3.05) is 26.2 Å². The summed E-state index contributed by atoms with van der Waals surface area (Å²) in [4.78, 5) is 6.79. The number of imidazole rings is 1. The fourth-order valence-corrected chi connectivity index (χ4v) is 2.49. The molecule has 4 nitrogen and oxygen atoms in total. The molecule has 1 fully saturated rings. The molecule has 2 rings (SSSR count). The molecule has 1 aromatic heterocycles. The average Bonchev–Trinajstić information content (AvgIpc) is 2.96. The smallest absolute Gasteiger partial charge is 0.105 e. The Labute approximate surface area is 104 Å². The maximum atomic E-state index is 4.26. The van der Waals surface area contributed by atoms with Crippen LogP contribution >= 0.6 is 0 Å². The van der Waals surface area contributed by atoms with E-state index in [2.05, 4.69) is 39.8 Å². The molecule has 0 aliphatic carbocycles. The van der Waals surface area contributed by atoms with Crippen LogP contribution in [-0.2, 0) is 6.54 Å². The van der Waals surface area contributed by atoms with Crippen molar-refractivity contribution >= 4 is 0 Å². The summed E-state index contributed by atoms with van der Waals surface area (Å²) in [5.74, 6) is 1.11. The SMILES string of the molecule is CCN(CCn1ccnc1C)CC1CCCN1. The van der Waals surface area contributed by atoms with E-state index in [1.54, 1.807) is 0 Å². The lowest BCUT2D eigenvalue weighted by molar-refractivity contribution is 0.251. The van der Waals surface area contributed by atoms with Crippen molar-refractivity contribution in [3.05, 3.63) is 18.2 Å². The Morgan fingerprint density at radius 3 is 3.06 bits per heavy atom. The minimum atomic E-state index is 0.707. The third kappa shape index (κ3) is 3.54. The quantitative estimate of drug-likeness (QED) is 0.807. The summed E-state index contributed by atoms with van der Waals surface area (Å²) in [6.45, 7) is 9.99. The highest BCUT2D eigenvalue weighted by molar-refractivity contribution is 4.88. The van der Waals surface area contributed by atoms with Crippen molar-refractivity contribution in [2.45, 2.75) is 39.3 Å². The number of aryl methyl sites for hydroxylation is 1. The van der Waals surface area contributed by atoms with Gasteiger partial charge in [-0.25, -0.2) is 4.98 Å². The van der Waals surface area contributed by atoms with Gasteiger partial charge in [0.15, 0.2) is 0 Å². The van der Waals surface area contributed by atoms with Crippen molar-refractivity contribution in [3.8, 4) is 0 Å². The molecule has 0 saturated carbocycles. The molecule has 0 amide bonds. The fourth-order valence-electron chi connectivity index (χ4n) is 2.49. The second kappa shape index (κ2) is 6.17. The van der Waals surface area contributed by atoms with Crippen LogP contribution in [0.5, 0.6) is 0 Å². The molecule has 2 heterocycles. The summed E-state index contributed by atoms with van der Waals surface area (Å²) < 4.78 is 2.23. The highest BCUT2D eigenvalue weighted by Gasteiger charge is 2.16. The van der Waals surface area contributed by atoms with E-state index in [1.165, 1.54) is 25.9 Å². The Morgan fingerprint density at radius 1 is 1.59 bits per heavy atom. The summed E-state index contributed by atoms with van der Waals surface area (Å²) in [6, 6.07) is 0.707. The number of likely N-dealkylation sites (N-methyl/N-ethyl adjacent to an activating group) is 1. The zero-order chi connectivity index (χ0) is 12.1. The van der Waals surface area contributed by atoms with Crippen LogP contribution in [0.15, 0.2) is 12.4 Å². The van der Waals surface area contributed by atoms with Crippen molar-refractivity contribution in [1.82, 2.24) is 19.8 Å². The average molecular weight is 236 g/mol. The van der Waals surface area contributed by atoms with Crippen molar-refractivity contribution in [3.63, 3.8) is 0 Å². The van der Waals surface area contributed by atoms with Gasteiger partial charge < -0.3 is 14.8 Å². The summed E-state index contributed by atoms with van der Waals surface area (Å²) in [5, 5.41) is 3.57. The van der Waals surface area contributed by atoms with Crippen LogP contribution in [0.4, 0.5) is 0 Å². The predicted molar refractivity (Wildman–Crippen MR) is 70.1 cm³/mol. The van der Waals surface area contributed by atoms with Gasteiger partial charge in [0.1, 0.15) is 5.82 Å². The maximum absolute atomic E-state index is 4.26. The summed E-state index contributed by atoms with van der Waals surface area (Å²) >= 11 is 0. The molecule has 0 bridgehead atoms. The first-order valence-electron chi connectivity index (χ1n) is 6.73. The van der Waals surface area contributed by atoms with E-state index in [4.69, 9.17) is 0 Å². The largest absolute Gasteiger partial charge is 0.334 e. The van der Waals surface area contributed by atoms with E-state index in [9.17, 15) is 0 Å². The van der Waals surface area contributed by atoms with E-state index < -0.39 is 0 Å². The Morgan fingerprint density at radius 2 is 2.47 bits per heavy atom. The van der Waals surface area contributed by atoms with Crippen LogP contribution in [0.1, 0.15) is 25.6 Å². The Bertz CT molecular complexity index is 328. The van der Waals surface area contributed by atoms with Gasteiger partial charge in [-0.15, -0.1) is 0 Å². The van der Waals surface area contributed by atoms with Crippen molar-refractivity contribution < 1.29 is 0 Å². The standard InChI is InChI=1S/C13H24N4/c1-3-16(11-13-5-4-6-15-13)9-10-17-8-7-14-12(17)2/h7-8,13,15H,3-6,9-11H2,1-2H3. The molecule has 1 atom stereocenters. The van der Waals surface area contributed by atoms with Gasteiger partial charge in [0.2, 0.25) is 0 Å². The van der Waals surface area contributed by atoms with Gasteiger partial charge in [0, 0.05) is 38.1 Å². The van der Waals surface area contributed by atoms with Gasteiger partial charge in [-0.1, -0.05) is 6.92 Å². The van der Waals surface area contributed by atoms with Gasteiger partial charge in [0.05, 0.1) is 0 Å². The molecule has 1 aliphatic rings. The molecule has 1 aromatic rings. The van der Waals surface area contributed by atoms with Gasteiger partial charge in [0.25, 0.3) is 0 Å². The number of nitrogens with one attached hydrogen (secondary N) is 1. The number of aromatic nitrogens is 2. The topological polar surface area (TPSA) is 33.1 Å². The van der Waals surface area contributed by atoms with Gasteiger partial charge in [-0.2, -0.15) is 0 Å². The van der Waals surface area contributed by atoms with Crippen LogP contribution in [0, 0.1) is 6.92 Å². The molecule has 4 heteroatoms. The van der Waals surface area contributed by atoms with E-state index in [1.807, 2.05) is 6.20 Å². The first-order chi connectivity index (χ1) is 8.29. The third-order valence-corrected chi connectivity index (χ3v) is 3.67. The Balaban J connectivity index is 1.77. The lowest BCUT2D eigenvalue weighted by atomic mass is 10.2. The molecule has 0 spiro atoms. The van der Waals surface area contributed by atoms with Gasteiger partial charge in [-0.3, -0.25) is 0 Å². The molecular weight excluding hydrogens is 212 g/mol. The summed E-state index contributed by atoms with van der Waals surface area (Å²) in [7, 11) is 0. The van der Waals surface area contributed by atoms with E-state index in [0.717, 1.165) is 25.5 Å². The molecular formula is C13H24N4. The van der Waals surface area contributed by atoms with Crippen LogP contribution in [0.2, 0.25) is 0 Å². The molecule has 1 saturated heterocycles. The second-order valence-corrected chi connectivity index (χ2v) is 4.85. The van der Waals surface area contributed by atoms with E-state index in [-0.39, 0.29) is 0 Å². The number of nitrogens with zero attached hydrogens (tertiary/aromatic N) is 3. The highest BCUT2D eigenvalue weighted by Crippen LogP contribution is 2.07. The number of hydrogen-bond acceptors (Lipinski definition) is 3. The first kappa shape index (κ1) is 12.6. The van der Waals surface area contributed by atoms with E-state index >= 15 is 0 Å². The summed E-state index contributed by atoms with van der Waals surface area (Å²) in [6.07, 6.45) is 6.62. The van der Waals surface area contributed by atoms with Gasteiger partial charge in [-0.05, 0) is 32.9 Å². The van der Waals surface area contributed by atoms with Crippen molar-refractivity contribution in [2.24, 2.45) is 0 Å². The first-order valence-corrected chi connectivity index (χ1v) is 6.73. The lowest BCUT2D eigenvalue weighted by Crippen LogP contribution is -2.39. The number of rotatable bonds is 6. The normalized spacial score (nSPS) is 20.3. The molecule has 0 aromatic carbocycles. The zero-order valence-electron chi connectivity index (χ0n) is 11.0. The van der Waals surface area contributed by atoms with Crippen molar-refractivity contribution in [1.29, 1.82) is 0 Å². The highest BCUT2D eigenvalue weighted by atomic mass is 15.2. The van der Waals surface area contributed by atoms with Crippen LogP contribution in [0.25, 0.3) is 0 Å². The second-order valence-electron chi connectivity index (χ2n) is 4.85. The zero-order valence-corrected chi connectivity index (χ0v) is 11.0. The lowest BCUT2D eigenvalue weighted by Gasteiger charge is -2.24. The monoisotopic (exact) mass is 236 g/mol. The van der Waals surface area contributed by atoms with Crippen LogP contribution < -0.4 is 5.32 Å². The van der Waals surface area contributed by atoms with E-state index in [0.29, 0.717) is 6.04 Å². The van der Waals surface area contributed by atoms with Crippen LogP contribution in [0.3, 0.4) is 0 Å². The third-order valence-electron chi connectivity index (χ3n) is 3.67. The Kier molecular flexibility index (Phi) is 4.57. The number of hydrogen-bond donors (Lipinski definition) is 1. The molecule has 0 radical (unpaired) electrons. The molecule has 17 heavy (non-hydrogen) atoms. The maximum Gasteiger partial charge on any atom is 0.105 e. The predicted octanol–water partition coefficient (Wildman–Crippen LogP) is 1.27. The van der Waals surface area contributed by atoms with Gasteiger partial charge >= 0.3 is 0 Å². The molecule has 96 valence electrons. The Hall–Kier alpha value is -0.870. The van der Waals surface area contributed by atoms with Crippen LogP contribution in [-0.4, -0.2) is 46.7 Å². The minimum absolute atomic E-state index is 0.707. The summed E-state index contributed by atoms with van der Waals surface area (Å²) in [5.41, 5.74) is 0. The molecule has 1 aliphatic heterocycles. The molecule has 1 unspecified atom stereocenters. The fraction of sp³-hybridized carbons (Fsp3) is 0.769. The minimum Gasteiger partial charge on any atom is -0.334 e.